The fourth-order valence-electron chi connectivity index (χ4n) is 2.76. The van der Waals surface area contributed by atoms with Gasteiger partial charge in [-0.3, -0.25) is 14.6 Å². The molecule has 21 heavy (non-hydrogen) atoms. The molecule has 1 aliphatic heterocycles. The van der Waals surface area contributed by atoms with Crippen LogP contribution in [0.3, 0.4) is 0 Å². The standard InChI is InChI=1S/C17H25N3O/c1-14-2-4-15(5-3-14)12-19-8-10-20(11-9-19)13-17(21)18-16-6-7-16/h2-5,16H,6-13H2,1H3,(H,18,21). The fourth-order valence-corrected chi connectivity index (χ4v) is 2.76. The molecule has 1 saturated carbocycles. The van der Waals surface area contributed by atoms with E-state index in [1.54, 1.807) is 0 Å². The second-order valence-corrected chi connectivity index (χ2v) is 6.38. The molecule has 1 N–H and O–H groups in total. The van der Waals surface area contributed by atoms with Crippen LogP contribution < -0.4 is 5.32 Å². The Morgan fingerprint density at radius 3 is 2.33 bits per heavy atom. The summed E-state index contributed by atoms with van der Waals surface area (Å²) >= 11 is 0. The monoisotopic (exact) mass is 287 g/mol. The molecule has 0 unspecified atom stereocenters. The van der Waals surface area contributed by atoms with E-state index in [0.29, 0.717) is 12.6 Å². The summed E-state index contributed by atoms with van der Waals surface area (Å²) in [6.45, 7) is 7.77. The number of benzene rings is 1. The van der Waals surface area contributed by atoms with Crippen molar-refractivity contribution in [1.82, 2.24) is 15.1 Å². The molecule has 2 aliphatic rings. The Morgan fingerprint density at radius 1 is 1.10 bits per heavy atom. The number of nitrogens with zero attached hydrogens (tertiary/aromatic N) is 2. The van der Waals surface area contributed by atoms with Gasteiger partial charge in [0.1, 0.15) is 0 Å². The third-order valence-corrected chi connectivity index (χ3v) is 4.30. The van der Waals surface area contributed by atoms with Gasteiger partial charge in [0, 0.05) is 38.8 Å². The first kappa shape index (κ1) is 14.5. The maximum absolute atomic E-state index is 11.8. The van der Waals surface area contributed by atoms with Crippen molar-refractivity contribution >= 4 is 5.91 Å². The highest BCUT2D eigenvalue weighted by atomic mass is 16.2. The van der Waals surface area contributed by atoms with Crippen LogP contribution in [-0.2, 0) is 11.3 Å². The number of rotatable bonds is 5. The Bertz CT molecular complexity index is 473. The molecule has 4 nitrogen and oxygen atoms in total. The number of nitrogens with one attached hydrogen (secondary N) is 1. The van der Waals surface area contributed by atoms with Crippen LogP contribution in [0.25, 0.3) is 0 Å². The van der Waals surface area contributed by atoms with Gasteiger partial charge >= 0.3 is 0 Å². The molecular weight excluding hydrogens is 262 g/mol. The Labute approximate surface area is 127 Å². The van der Waals surface area contributed by atoms with E-state index in [9.17, 15) is 4.79 Å². The molecule has 0 spiro atoms. The summed E-state index contributed by atoms with van der Waals surface area (Å²) in [6, 6.07) is 9.25. The van der Waals surface area contributed by atoms with E-state index >= 15 is 0 Å². The smallest absolute Gasteiger partial charge is 0.234 e. The first-order valence-corrected chi connectivity index (χ1v) is 7.99. The molecule has 114 valence electrons. The number of hydrogen-bond acceptors (Lipinski definition) is 3. The zero-order chi connectivity index (χ0) is 14.7. The SMILES string of the molecule is Cc1ccc(CN2CCN(CC(=O)NC3CC3)CC2)cc1. The molecule has 0 bridgehead atoms. The van der Waals surface area contributed by atoms with Gasteiger partial charge in [-0.1, -0.05) is 29.8 Å². The normalized spacial score (nSPS) is 20.4. The van der Waals surface area contributed by atoms with Crippen LogP contribution in [0.2, 0.25) is 0 Å². The van der Waals surface area contributed by atoms with Crippen molar-refractivity contribution in [3.63, 3.8) is 0 Å². The summed E-state index contributed by atoms with van der Waals surface area (Å²) < 4.78 is 0. The Kier molecular flexibility index (Phi) is 4.56. The van der Waals surface area contributed by atoms with Gasteiger partial charge in [0.05, 0.1) is 6.54 Å². The van der Waals surface area contributed by atoms with Crippen LogP contribution >= 0.6 is 0 Å². The number of aryl methyl sites for hydroxylation is 1. The number of carbonyl (C=O) groups is 1. The van der Waals surface area contributed by atoms with Crippen molar-refractivity contribution < 1.29 is 4.79 Å². The lowest BCUT2D eigenvalue weighted by atomic mass is 10.1. The Morgan fingerprint density at radius 2 is 1.71 bits per heavy atom. The number of hydrogen-bond donors (Lipinski definition) is 1. The van der Waals surface area contributed by atoms with Crippen molar-refractivity contribution in [2.24, 2.45) is 0 Å². The van der Waals surface area contributed by atoms with Gasteiger partial charge in [-0.25, -0.2) is 0 Å². The minimum Gasteiger partial charge on any atom is -0.352 e. The molecule has 1 aromatic rings. The first-order valence-electron chi connectivity index (χ1n) is 7.99. The van der Waals surface area contributed by atoms with E-state index in [1.165, 1.54) is 11.1 Å². The van der Waals surface area contributed by atoms with E-state index in [-0.39, 0.29) is 5.91 Å². The van der Waals surface area contributed by atoms with Crippen LogP contribution in [0, 0.1) is 6.92 Å². The zero-order valence-electron chi connectivity index (χ0n) is 12.8. The van der Waals surface area contributed by atoms with Crippen molar-refractivity contribution in [3.8, 4) is 0 Å². The summed E-state index contributed by atoms with van der Waals surface area (Å²) in [4.78, 5) is 16.5. The highest BCUT2D eigenvalue weighted by Crippen LogP contribution is 2.18. The molecule has 3 rings (SSSR count). The molecule has 0 atom stereocenters. The summed E-state index contributed by atoms with van der Waals surface area (Å²) in [5, 5.41) is 3.06. The second kappa shape index (κ2) is 6.58. The predicted molar refractivity (Wildman–Crippen MR) is 84.1 cm³/mol. The van der Waals surface area contributed by atoms with Crippen molar-refractivity contribution in [3.05, 3.63) is 35.4 Å². The van der Waals surface area contributed by atoms with Crippen LogP contribution in [0.4, 0.5) is 0 Å². The van der Waals surface area contributed by atoms with Gasteiger partial charge in [-0.2, -0.15) is 0 Å². The Balaban J connectivity index is 1.40. The van der Waals surface area contributed by atoms with Crippen molar-refractivity contribution in [1.29, 1.82) is 0 Å². The summed E-state index contributed by atoms with van der Waals surface area (Å²) in [6.07, 6.45) is 2.33. The van der Waals surface area contributed by atoms with Crippen LogP contribution in [0.5, 0.6) is 0 Å². The average molecular weight is 287 g/mol. The van der Waals surface area contributed by atoms with Crippen molar-refractivity contribution in [2.45, 2.75) is 32.4 Å². The molecule has 0 radical (unpaired) electrons. The van der Waals surface area contributed by atoms with Gasteiger partial charge in [0.15, 0.2) is 0 Å². The van der Waals surface area contributed by atoms with E-state index in [2.05, 4.69) is 46.3 Å². The topological polar surface area (TPSA) is 35.6 Å². The van der Waals surface area contributed by atoms with Crippen LogP contribution in [0.15, 0.2) is 24.3 Å². The van der Waals surface area contributed by atoms with Crippen molar-refractivity contribution in [2.75, 3.05) is 32.7 Å². The fraction of sp³-hybridized carbons (Fsp3) is 0.588. The lowest BCUT2D eigenvalue weighted by Crippen LogP contribution is -2.49. The van der Waals surface area contributed by atoms with Gasteiger partial charge in [0.25, 0.3) is 0 Å². The van der Waals surface area contributed by atoms with E-state index in [4.69, 9.17) is 0 Å². The maximum Gasteiger partial charge on any atom is 0.234 e. The highest BCUT2D eigenvalue weighted by Gasteiger charge is 2.25. The first-order chi connectivity index (χ1) is 10.2. The minimum absolute atomic E-state index is 0.199. The lowest BCUT2D eigenvalue weighted by molar-refractivity contribution is -0.122. The largest absolute Gasteiger partial charge is 0.352 e. The molecule has 1 aromatic carbocycles. The van der Waals surface area contributed by atoms with Gasteiger partial charge < -0.3 is 5.32 Å². The highest BCUT2D eigenvalue weighted by molar-refractivity contribution is 5.78. The van der Waals surface area contributed by atoms with Crippen LogP contribution in [-0.4, -0.2) is 54.5 Å². The molecule has 1 amide bonds. The third kappa shape index (κ3) is 4.55. The molecule has 2 fully saturated rings. The molecule has 1 aliphatic carbocycles. The molecule has 1 heterocycles. The quantitative estimate of drug-likeness (QED) is 0.889. The van der Waals surface area contributed by atoms with E-state index in [1.807, 2.05) is 0 Å². The molecule has 1 saturated heterocycles. The molecule has 0 aromatic heterocycles. The molecular formula is C17H25N3O. The average Bonchev–Trinajstić information content (AvgIpc) is 3.27. The minimum atomic E-state index is 0.199. The summed E-state index contributed by atoms with van der Waals surface area (Å²) in [7, 11) is 0. The summed E-state index contributed by atoms with van der Waals surface area (Å²) in [5.74, 6) is 0.199. The third-order valence-electron chi connectivity index (χ3n) is 4.30. The van der Waals surface area contributed by atoms with E-state index < -0.39 is 0 Å². The van der Waals surface area contributed by atoms with Gasteiger partial charge in [-0.15, -0.1) is 0 Å². The number of amides is 1. The summed E-state index contributed by atoms with van der Waals surface area (Å²) in [5.41, 5.74) is 2.69. The van der Waals surface area contributed by atoms with E-state index in [0.717, 1.165) is 45.6 Å². The lowest BCUT2D eigenvalue weighted by Gasteiger charge is -2.34. The molecule has 4 heteroatoms. The maximum atomic E-state index is 11.8. The zero-order valence-corrected chi connectivity index (χ0v) is 12.8. The Hall–Kier alpha value is -1.39. The van der Waals surface area contributed by atoms with Gasteiger partial charge in [0.2, 0.25) is 5.91 Å². The van der Waals surface area contributed by atoms with Gasteiger partial charge in [-0.05, 0) is 25.3 Å². The number of carbonyl (C=O) groups excluding carboxylic acids is 1. The second-order valence-electron chi connectivity index (χ2n) is 6.38. The number of piperazine rings is 1. The van der Waals surface area contributed by atoms with Crippen LogP contribution in [0.1, 0.15) is 24.0 Å². The predicted octanol–water partition coefficient (Wildman–Crippen LogP) is 1.39.